The second-order valence-electron chi connectivity index (χ2n) is 4.44. The van der Waals surface area contributed by atoms with Crippen LogP contribution in [0.25, 0.3) is 0 Å². The molecule has 0 bridgehead atoms. The SMILES string of the molecule is COc1cc(F)ccc1C1(F)CCN(S(N)(=O)=O)C1. The Labute approximate surface area is 110 Å². The highest BCUT2D eigenvalue weighted by Gasteiger charge is 2.45. The lowest BCUT2D eigenvalue weighted by molar-refractivity contribution is 0.177. The minimum atomic E-state index is -3.93. The minimum absolute atomic E-state index is 0.0180. The van der Waals surface area contributed by atoms with Crippen molar-refractivity contribution in [2.45, 2.75) is 12.1 Å². The van der Waals surface area contributed by atoms with E-state index < -0.39 is 28.2 Å². The molecule has 0 aromatic heterocycles. The van der Waals surface area contributed by atoms with Gasteiger partial charge < -0.3 is 4.74 Å². The highest BCUT2D eigenvalue weighted by Crippen LogP contribution is 2.41. The van der Waals surface area contributed by atoms with E-state index in [0.29, 0.717) is 0 Å². The Morgan fingerprint density at radius 1 is 1.47 bits per heavy atom. The molecule has 0 saturated carbocycles. The van der Waals surface area contributed by atoms with Crippen LogP contribution >= 0.6 is 0 Å². The molecular formula is C11H14F2N2O3S. The van der Waals surface area contributed by atoms with Gasteiger partial charge in [0.2, 0.25) is 0 Å². The number of nitrogens with zero attached hydrogens (tertiary/aromatic N) is 1. The summed E-state index contributed by atoms with van der Waals surface area (Å²) in [6.07, 6.45) is -0.0502. The maximum Gasteiger partial charge on any atom is 0.277 e. The number of benzene rings is 1. The summed E-state index contributed by atoms with van der Waals surface area (Å²) in [5, 5.41) is 4.97. The van der Waals surface area contributed by atoms with Crippen LogP contribution in [0.2, 0.25) is 0 Å². The first-order chi connectivity index (χ1) is 8.76. The van der Waals surface area contributed by atoms with E-state index in [9.17, 15) is 17.2 Å². The zero-order valence-corrected chi connectivity index (χ0v) is 11.1. The van der Waals surface area contributed by atoms with Gasteiger partial charge in [-0.25, -0.2) is 13.9 Å². The highest BCUT2D eigenvalue weighted by atomic mass is 32.2. The van der Waals surface area contributed by atoms with Crippen LogP contribution in [0.15, 0.2) is 18.2 Å². The lowest BCUT2D eigenvalue weighted by Gasteiger charge is -2.22. The summed E-state index contributed by atoms with van der Waals surface area (Å²) >= 11 is 0. The molecule has 2 N–H and O–H groups in total. The maximum atomic E-state index is 14.8. The molecule has 0 spiro atoms. The average Bonchev–Trinajstić information content (AvgIpc) is 2.72. The van der Waals surface area contributed by atoms with Crippen molar-refractivity contribution in [3.63, 3.8) is 0 Å². The van der Waals surface area contributed by atoms with E-state index in [0.717, 1.165) is 16.4 Å². The van der Waals surface area contributed by atoms with E-state index in [1.54, 1.807) is 0 Å². The second-order valence-corrected chi connectivity index (χ2v) is 5.98. The van der Waals surface area contributed by atoms with Crippen LogP contribution in [0.3, 0.4) is 0 Å². The summed E-state index contributed by atoms with van der Waals surface area (Å²) in [4.78, 5) is 0. The summed E-state index contributed by atoms with van der Waals surface area (Å²) in [6.45, 7) is -0.413. The Morgan fingerprint density at radius 3 is 2.68 bits per heavy atom. The summed E-state index contributed by atoms with van der Waals surface area (Å²) < 4.78 is 56.1. The molecule has 8 heteroatoms. The molecule has 5 nitrogen and oxygen atoms in total. The fourth-order valence-corrected chi connectivity index (χ4v) is 2.94. The van der Waals surface area contributed by atoms with E-state index >= 15 is 0 Å². The number of hydrogen-bond donors (Lipinski definition) is 1. The first-order valence-electron chi connectivity index (χ1n) is 5.57. The molecule has 19 heavy (non-hydrogen) atoms. The minimum Gasteiger partial charge on any atom is -0.496 e. The van der Waals surface area contributed by atoms with Gasteiger partial charge in [0.25, 0.3) is 10.2 Å². The third kappa shape index (κ3) is 2.70. The molecule has 1 saturated heterocycles. The number of ether oxygens (including phenoxy) is 1. The van der Waals surface area contributed by atoms with Gasteiger partial charge in [-0.05, 0) is 12.1 Å². The second kappa shape index (κ2) is 4.69. The van der Waals surface area contributed by atoms with Crippen molar-refractivity contribution in [2.24, 2.45) is 5.14 Å². The third-order valence-corrected chi connectivity index (χ3v) is 4.22. The maximum absolute atomic E-state index is 14.8. The number of hydrogen-bond acceptors (Lipinski definition) is 3. The van der Waals surface area contributed by atoms with Gasteiger partial charge in [0.15, 0.2) is 5.67 Å². The largest absolute Gasteiger partial charge is 0.496 e. The predicted octanol–water partition coefficient (Wildman–Crippen LogP) is 0.908. The van der Waals surface area contributed by atoms with Gasteiger partial charge in [-0.1, -0.05) is 0 Å². The first-order valence-corrected chi connectivity index (χ1v) is 7.07. The van der Waals surface area contributed by atoms with Gasteiger partial charge in [0.05, 0.1) is 13.7 Å². The summed E-state index contributed by atoms with van der Waals surface area (Å²) in [7, 11) is -2.63. The van der Waals surface area contributed by atoms with Crippen LogP contribution in [0.5, 0.6) is 5.75 Å². The molecule has 1 aliphatic rings. The zero-order chi connectivity index (χ0) is 14.3. The normalized spacial score (nSPS) is 24.6. The van der Waals surface area contributed by atoms with E-state index in [2.05, 4.69) is 0 Å². The van der Waals surface area contributed by atoms with Gasteiger partial charge in [-0.2, -0.15) is 12.7 Å². The molecule has 1 unspecified atom stereocenters. The van der Waals surface area contributed by atoms with E-state index in [-0.39, 0.29) is 24.3 Å². The molecule has 1 aromatic rings. The predicted molar refractivity (Wildman–Crippen MR) is 65.0 cm³/mol. The number of halogens is 2. The molecule has 0 radical (unpaired) electrons. The van der Waals surface area contributed by atoms with Crippen molar-refractivity contribution in [2.75, 3.05) is 20.2 Å². The number of nitrogens with two attached hydrogens (primary N) is 1. The van der Waals surface area contributed by atoms with Crippen LogP contribution in [0, 0.1) is 5.82 Å². The van der Waals surface area contributed by atoms with Gasteiger partial charge in [-0.3, -0.25) is 0 Å². The van der Waals surface area contributed by atoms with Crippen molar-refractivity contribution >= 4 is 10.2 Å². The Balaban J connectivity index is 2.37. The van der Waals surface area contributed by atoms with Crippen LogP contribution < -0.4 is 9.88 Å². The zero-order valence-electron chi connectivity index (χ0n) is 10.3. The van der Waals surface area contributed by atoms with Crippen molar-refractivity contribution < 1.29 is 21.9 Å². The smallest absolute Gasteiger partial charge is 0.277 e. The molecule has 1 aromatic carbocycles. The molecule has 2 rings (SSSR count). The van der Waals surface area contributed by atoms with Crippen LogP contribution in [-0.4, -0.2) is 32.9 Å². The van der Waals surface area contributed by atoms with Gasteiger partial charge in [0.1, 0.15) is 11.6 Å². The molecular weight excluding hydrogens is 278 g/mol. The van der Waals surface area contributed by atoms with Crippen molar-refractivity contribution in [3.8, 4) is 5.75 Å². The molecule has 106 valence electrons. The van der Waals surface area contributed by atoms with Crippen LogP contribution in [-0.2, 0) is 15.9 Å². The van der Waals surface area contributed by atoms with Crippen LogP contribution in [0.1, 0.15) is 12.0 Å². The summed E-state index contributed by atoms with van der Waals surface area (Å²) in [5.41, 5.74) is -1.80. The molecule has 1 atom stereocenters. The molecule has 0 aliphatic carbocycles. The quantitative estimate of drug-likeness (QED) is 0.900. The van der Waals surface area contributed by atoms with E-state index in [1.165, 1.54) is 13.2 Å². The lowest BCUT2D eigenvalue weighted by Crippen LogP contribution is -2.37. The van der Waals surface area contributed by atoms with Crippen molar-refractivity contribution in [3.05, 3.63) is 29.6 Å². The first kappa shape index (κ1) is 14.2. The van der Waals surface area contributed by atoms with Crippen molar-refractivity contribution in [1.29, 1.82) is 0 Å². The topological polar surface area (TPSA) is 72.6 Å². The molecule has 1 aliphatic heterocycles. The molecule has 0 amide bonds. The lowest BCUT2D eigenvalue weighted by atomic mass is 9.94. The van der Waals surface area contributed by atoms with Crippen LogP contribution in [0.4, 0.5) is 8.78 Å². The van der Waals surface area contributed by atoms with E-state index in [1.807, 2.05) is 0 Å². The van der Waals surface area contributed by atoms with Gasteiger partial charge in [-0.15, -0.1) is 0 Å². The van der Waals surface area contributed by atoms with Gasteiger partial charge >= 0.3 is 0 Å². The Kier molecular flexibility index (Phi) is 3.50. The Hall–Kier alpha value is -1.25. The Bertz CT molecular complexity index is 594. The fraction of sp³-hybridized carbons (Fsp3) is 0.455. The fourth-order valence-electron chi connectivity index (χ4n) is 2.21. The monoisotopic (exact) mass is 292 g/mol. The summed E-state index contributed by atoms with van der Waals surface area (Å²) in [5.74, 6) is -0.496. The molecule has 1 heterocycles. The number of rotatable bonds is 3. The number of alkyl halides is 1. The van der Waals surface area contributed by atoms with Crippen molar-refractivity contribution in [1.82, 2.24) is 4.31 Å². The van der Waals surface area contributed by atoms with Gasteiger partial charge in [0, 0.05) is 24.6 Å². The average molecular weight is 292 g/mol. The number of methoxy groups -OCH3 is 1. The highest BCUT2D eigenvalue weighted by molar-refractivity contribution is 7.86. The Morgan fingerprint density at radius 2 is 2.16 bits per heavy atom. The third-order valence-electron chi connectivity index (χ3n) is 3.19. The molecule has 1 fully saturated rings. The van der Waals surface area contributed by atoms with E-state index in [4.69, 9.17) is 9.88 Å². The summed E-state index contributed by atoms with van der Waals surface area (Å²) in [6, 6.07) is 3.44. The standard InChI is InChI=1S/C11H14F2N2O3S/c1-18-10-6-8(12)2-3-9(10)11(13)4-5-15(7-11)19(14,16)17/h2-3,6H,4-5,7H2,1H3,(H2,14,16,17).